The third kappa shape index (κ3) is 13.2. The normalized spacial score (nSPS) is 17.9. The lowest BCUT2D eigenvalue weighted by Crippen LogP contribution is -2.46. The maximum absolute atomic E-state index is 11.1. The summed E-state index contributed by atoms with van der Waals surface area (Å²) in [6.45, 7) is 14.9. The Morgan fingerprint density at radius 2 is 1.33 bits per heavy atom. The van der Waals surface area contributed by atoms with Crippen molar-refractivity contribution in [1.29, 1.82) is 0 Å². The van der Waals surface area contributed by atoms with Crippen LogP contribution in [0.2, 0.25) is 0 Å². The molecular formula is C17H33ClN4O2. The fourth-order valence-electron chi connectivity index (χ4n) is 1.93. The SMILES string of the molecule is C.C=CC(=O)Cl.C=CC(=O)N1CCN(C)CC1.CN1CCNCC1. The molecule has 24 heavy (non-hydrogen) atoms. The van der Waals surface area contributed by atoms with Gasteiger partial charge in [0.2, 0.25) is 11.1 Å². The van der Waals surface area contributed by atoms with Gasteiger partial charge < -0.3 is 20.0 Å². The van der Waals surface area contributed by atoms with Gasteiger partial charge in [-0.25, -0.2) is 0 Å². The molecule has 0 saturated carbocycles. The van der Waals surface area contributed by atoms with E-state index in [1.165, 1.54) is 19.2 Å². The summed E-state index contributed by atoms with van der Waals surface area (Å²) < 4.78 is 0. The molecule has 0 bridgehead atoms. The number of carbonyl (C=O) groups is 2. The van der Waals surface area contributed by atoms with E-state index < -0.39 is 5.24 Å². The van der Waals surface area contributed by atoms with Crippen LogP contribution in [0, 0.1) is 0 Å². The van der Waals surface area contributed by atoms with E-state index in [1.807, 2.05) is 4.90 Å². The molecule has 2 rings (SSSR count). The van der Waals surface area contributed by atoms with Crippen LogP contribution in [0.25, 0.3) is 0 Å². The molecular weight excluding hydrogens is 328 g/mol. The number of nitrogens with one attached hydrogen (secondary N) is 1. The Hall–Kier alpha value is -1.21. The van der Waals surface area contributed by atoms with Crippen LogP contribution in [0.5, 0.6) is 0 Å². The van der Waals surface area contributed by atoms with E-state index in [2.05, 4.69) is 42.4 Å². The molecule has 2 fully saturated rings. The Morgan fingerprint density at radius 1 is 0.917 bits per heavy atom. The second kappa shape index (κ2) is 15.3. The van der Waals surface area contributed by atoms with Gasteiger partial charge in [-0.2, -0.15) is 0 Å². The van der Waals surface area contributed by atoms with Crippen molar-refractivity contribution in [2.45, 2.75) is 7.43 Å². The fraction of sp³-hybridized carbons (Fsp3) is 0.647. The molecule has 0 aromatic carbocycles. The summed E-state index contributed by atoms with van der Waals surface area (Å²) in [5, 5.41) is 2.76. The van der Waals surface area contributed by atoms with Crippen LogP contribution in [0.4, 0.5) is 0 Å². The zero-order valence-corrected chi connectivity index (χ0v) is 15.0. The van der Waals surface area contributed by atoms with Crippen molar-refractivity contribution in [2.75, 3.05) is 66.5 Å². The monoisotopic (exact) mass is 360 g/mol. The van der Waals surface area contributed by atoms with Crippen molar-refractivity contribution < 1.29 is 9.59 Å². The molecule has 2 heterocycles. The highest BCUT2D eigenvalue weighted by atomic mass is 35.5. The second-order valence-electron chi connectivity index (χ2n) is 5.39. The van der Waals surface area contributed by atoms with Gasteiger partial charge in [-0.15, -0.1) is 0 Å². The first-order chi connectivity index (χ1) is 10.9. The molecule has 0 spiro atoms. The summed E-state index contributed by atoms with van der Waals surface area (Å²) in [5.41, 5.74) is 0. The molecule has 0 radical (unpaired) electrons. The van der Waals surface area contributed by atoms with Crippen molar-refractivity contribution >= 4 is 22.8 Å². The van der Waals surface area contributed by atoms with E-state index in [0.29, 0.717) is 0 Å². The first-order valence-corrected chi connectivity index (χ1v) is 8.09. The third-order valence-electron chi connectivity index (χ3n) is 3.49. The van der Waals surface area contributed by atoms with Crippen LogP contribution in [-0.2, 0) is 9.59 Å². The Morgan fingerprint density at radius 3 is 1.62 bits per heavy atom. The lowest BCUT2D eigenvalue weighted by molar-refractivity contribution is -0.127. The highest BCUT2D eigenvalue weighted by molar-refractivity contribution is 6.66. The van der Waals surface area contributed by atoms with Crippen LogP contribution < -0.4 is 5.32 Å². The van der Waals surface area contributed by atoms with Gasteiger partial charge in [0.1, 0.15) is 0 Å². The Labute approximate surface area is 152 Å². The van der Waals surface area contributed by atoms with Gasteiger partial charge in [0, 0.05) is 52.4 Å². The maximum atomic E-state index is 11.1. The topological polar surface area (TPSA) is 55.9 Å². The summed E-state index contributed by atoms with van der Waals surface area (Å²) in [6.07, 6.45) is 2.42. The first-order valence-electron chi connectivity index (χ1n) is 7.71. The molecule has 2 saturated heterocycles. The summed E-state index contributed by atoms with van der Waals surface area (Å²) in [6, 6.07) is 0. The maximum Gasteiger partial charge on any atom is 0.246 e. The Kier molecular flexibility index (Phi) is 16.0. The van der Waals surface area contributed by atoms with E-state index in [1.54, 1.807) is 0 Å². The van der Waals surface area contributed by atoms with Crippen molar-refractivity contribution in [2.24, 2.45) is 0 Å². The number of hydrogen-bond donors (Lipinski definition) is 1. The molecule has 0 unspecified atom stereocenters. The zero-order valence-electron chi connectivity index (χ0n) is 14.3. The van der Waals surface area contributed by atoms with Crippen molar-refractivity contribution in [3.63, 3.8) is 0 Å². The van der Waals surface area contributed by atoms with Crippen molar-refractivity contribution in [3.05, 3.63) is 25.3 Å². The van der Waals surface area contributed by atoms with Gasteiger partial charge >= 0.3 is 0 Å². The highest BCUT2D eigenvalue weighted by Gasteiger charge is 2.15. The highest BCUT2D eigenvalue weighted by Crippen LogP contribution is 1.99. The van der Waals surface area contributed by atoms with Crippen LogP contribution >= 0.6 is 11.6 Å². The smallest absolute Gasteiger partial charge is 0.246 e. The zero-order chi connectivity index (χ0) is 17.7. The number of halogens is 1. The predicted molar refractivity (Wildman–Crippen MR) is 102 cm³/mol. The number of nitrogens with zero attached hydrogens (tertiary/aromatic N) is 3. The molecule has 6 nitrogen and oxygen atoms in total. The second-order valence-corrected chi connectivity index (χ2v) is 5.77. The summed E-state index contributed by atoms with van der Waals surface area (Å²) >= 11 is 4.71. The largest absolute Gasteiger partial charge is 0.337 e. The molecule has 2 aliphatic rings. The fourth-order valence-corrected chi connectivity index (χ4v) is 1.93. The average molecular weight is 361 g/mol. The molecule has 7 heteroatoms. The van der Waals surface area contributed by atoms with Gasteiger partial charge in [0.05, 0.1) is 0 Å². The van der Waals surface area contributed by atoms with E-state index in [-0.39, 0.29) is 13.3 Å². The number of hydrogen-bond acceptors (Lipinski definition) is 5. The van der Waals surface area contributed by atoms with E-state index in [4.69, 9.17) is 11.6 Å². The molecule has 1 amide bonds. The molecule has 1 N–H and O–H groups in total. The predicted octanol–water partition coefficient (Wildman–Crippen LogP) is 1.04. The van der Waals surface area contributed by atoms with Crippen LogP contribution in [0.1, 0.15) is 7.43 Å². The van der Waals surface area contributed by atoms with Gasteiger partial charge in [0.15, 0.2) is 0 Å². The van der Waals surface area contributed by atoms with Crippen LogP contribution in [-0.4, -0.2) is 92.3 Å². The summed E-state index contributed by atoms with van der Waals surface area (Å²) in [5.74, 6) is 0.0538. The van der Waals surface area contributed by atoms with E-state index >= 15 is 0 Å². The van der Waals surface area contributed by atoms with Gasteiger partial charge in [0.25, 0.3) is 0 Å². The van der Waals surface area contributed by atoms with Crippen LogP contribution in [0.15, 0.2) is 25.3 Å². The van der Waals surface area contributed by atoms with Gasteiger partial charge in [-0.3, -0.25) is 9.59 Å². The number of likely N-dealkylation sites (N-methyl/N-ethyl adjacent to an activating group) is 2. The molecule has 0 aromatic heterocycles. The van der Waals surface area contributed by atoms with Crippen LogP contribution in [0.3, 0.4) is 0 Å². The van der Waals surface area contributed by atoms with Gasteiger partial charge in [-0.05, 0) is 37.8 Å². The number of amides is 1. The average Bonchev–Trinajstić information content (AvgIpc) is 2.56. The third-order valence-corrected chi connectivity index (χ3v) is 3.64. The van der Waals surface area contributed by atoms with E-state index in [9.17, 15) is 9.59 Å². The number of rotatable bonds is 2. The molecule has 0 aromatic rings. The minimum absolute atomic E-state index is 0. The molecule has 0 aliphatic carbocycles. The lowest BCUT2D eigenvalue weighted by atomic mass is 10.3. The number of piperazine rings is 2. The first kappa shape index (κ1) is 25.0. The minimum Gasteiger partial charge on any atom is -0.337 e. The van der Waals surface area contributed by atoms with Crippen molar-refractivity contribution in [1.82, 2.24) is 20.0 Å². The summed E-state index contributed by atoms with van der Waals surface area (Å²) in [7, 11) is 4.22. The van der Waals surface area contributed by atoms with E-state index in [0.717, 1.165) is 45.3 Å². The molecule has 140 valence electrons. The lowest BCUT2D eigenvalue weighted by Gasteiger charge is -2.31. The number of carbonyl (C=O) groups excluding carboxylic acids is 2. The molecule has 0 atom stereocenters. The standard InChI is InChI=1S/C8H14N2O.C5H12N2.C3H3ClO.CH4/c1-3-8(11)10-6-4-9(2)5-7-10;1-7-4-2-6-3-5-7;1-2-3(4)5;/h3H,1,4-7H2,2H3;6H,2-5H2,1H3;2H,1H2;1H4. The van der Waals surface area contributed by atoms with Gasteiger partial charge in [-0.1, -0.05) is 20.6 Å². The van der Waals surface area contributed by atoms with Crippen molar-refractivity contribution in [3.8, 4) is 0 Å². The molecule has 2 aliphatic heterocycles. The Balaban J connectivity index is 0. The Bertz CT molecular complexity index is 377. The number of allylic oxidation sites excluding steroid dienone is 1. The summed E-state index contributed by atoms with van der Waals surface area (Å²) in [4.78, 5) is 26.9. The minimum atomic E-state index is -0.509. The quantitative estimate of drug-likeness (QED) is 0.589.